The first-order valence-electron chi connectivity index (χ1n) is 6.45. The van der Waals surface area contributed by atoms with E-state index in [9.17, 15) is 5.11 Å². The van der Waals surface area contributed by atoms with Crippen LogP contribution in [0.15, 0.2) is 0 Å². The lowest BCUT2D eigenvalue weighted by atomic mass is 10.4. The highest BCUT2D eigenvalue weighted by Gasteiger charge is 2.16. The van der Waals surface area contributed by atoms with E-state index in [4.69, 9.17) is 4.74 Å². The van der Waals surface area contributed by atoms with Crippen molar-refractivity contribution < 1.29 is 9.84 Å². The van der Waals surface area contributed by atoms with Gasteiger partial charge >= 0.3 is 0 Å². The Morgan fingerprint density at radius 2 is 2.00 bits per heavy atom. The lowest BCUT2D eigenvalue weighted by Crippen LogP contribution is -2.22. The third kappa shape index (κ3) is 3.67. The molecule has 0 saturated heterocycles. The highest BCUT2D eigenvalue weighted by Crippen LogP contribution is 2.25. The Hall–Kier alpha value is -0.743. The van der Waals surface area contributed by atoms with Gasteiger partial charge in [0.05, 0.1) is 0 Å². The van der Waals surface area contributed by atoms with E-state index in [2.05, 4.69) is 57.3 Å². The molecule has 1 N–H and O–H groups in total. The Bertz CT molecular complexity index is 624. The van der Waals surface area contributed by atoms with Gasteiger partial charge in [-0.3, -0.25) is 0 Å². The van der Waals surface area contributed by atoms with Crippen LogP contribution in [0.5, 0.6) is 5.88 Å². The zero-order valence-corrected chi connectivity index (χ0v) is 15.3. The second-order valence-corrected chi connectivity index (χ2v) is 12.6. The van der Waals surface area contributed by atoms with Crippen LogP contribution in [0.4, 0.5) is 0 Å². The average molecular weight is 406 g/mol. The molecule has 2 heterocycles. The Labute approximate surface area is 132 Å². The average Bonchev–Trinajstić information content (AvgIpc) is 2.61. The quantitative estimate of drug-likeness (QED) is 0.470. The number of fused-ring (bicyclic) bond motifs is 1. The summed E-state index contributed by atoms with van der Waals surface area (Å²) in [5.41, 5.74) is 1.21. The van der Waals surface area contributed by atoms with Gasteiger partial charge in [0.15, 0.2) is 5.52 Å². The number of rotatable bonds is 5. The molecule has 0 spiro atoms. The predicted molar refractivity (Wildman–Crippen MR) is 88.5 cm³/mol. The topological polar surface area (TPSA) is 73.1 Å². The lowest BCUT2D eigenvalue weighted by molar-refractivity contribution is 0.0811. The maximum atomic E-state index is 9.97. The first-order valence-corrected chi connectivity index (χ1v) is 11.2. The van der Waals surface area contributed by atoms with Crippen molar-refractivity contribution in [3.8, 4) is 5.88 Å². The maximum absolute atomic E-state index is 9.97. The summed E-state index contributed by atoms with van der Waals surface area (Å²) in [4.78, 5) is 8.29. The van der Waals surface area contributed by atoms with Crippen molar-refractivity contribution in [3.63, 3.8) is 0 Å². The number of ether oxygens (including phenoxy) is 1. The Morgan fingerprint density at radius 1 is 1.30 bits per heavy atom. The molecule has 2 aromatic rings. The minimum atomic E-state index is -1.09. The van der Waals surface area contributed by atoms with Crippen molar-refractivity contribution in [1.29, 1.82) is 0 Å². The van der Waals surface area contributed by atoms with E-state index in [1.54, 1.807) is 11.6 Å². The fourth-order valence-corrected chi connectivity index (χ4v) is 3.15. The zero-order chi connectivity index (χ0) is 14.9. The van der Waals surface area contributed by atoms with Crippen LogP contribution in [0.25, 0.3) is 11.0 Å². The summed E-state index contributed by atoms with van der Waals surface area (Å²) in [6, 6.07) is 1.10. The van der Waals surface area contributed by atoms with Crippen LogP contribution in [0, 0.1) is 10.6 Å². The molecule has 0 aliphatic carbocycles. The Kier molecular flexibility index (Phi) is 4.64. The molecule has 2 aromatic heterocycles. The van der Waals surface area contributed by atoms with Crippen molar-refractivity contribution in [3.05, 3.63) is 9.53 Å². The lowest BCUT2D eigenvalue weighted by Gasteiger charge is -2.15. The minimum Gasteiger partial charge on any atom is -0.492 e. The van der Waals surface area contributed by atoms with Crippen LogP contribution in [-0.2, 0) is 11.5 Å². The first kappa shape index (κ1) is 15.6. The number of hydrogen-bond acceptors (Lipinski definition) is 5. The molecule has 0 aliphatic rings. The summed E-state index contributed by atoms with van der Waals surface area (Å²) in [7, 11) is -1.09. The van der Waals surface area contributed by atoms with Gasteiger partial charge in [-0.1, -0.05) is 19.6 Å². The largest absolute Gasteiger partial charge is 0.492 e. The van der Waals surface area contributed by atoms with Crippen molar-refractivity contribution in [2.75, 3.05) is 6.61 Å². The number of hydrogen-bond donors (Lipinski definition) is 1. The molecule has 6 nitrogen and oxygen atoms in total. The SMILES string of the molecule is Cc1nc(O)c2c(n1)c(I)nn2COCC[Si](C)(C)C. The highest BCUT2D eigenvalue weighted by molar-refractivity contribution is 14.1. The molecule has 20 heavy (non-hydrogen) atoms. The molecule has 0 radical (unpaired) electrons. The number of aromatic nitrogens is 4. The van der Waals surface area contributed by atoms with Crippen LogP contribution >= 0.6 is 22.6 Å². The second-order valence-electron chi connectivity index (χ2n) is 5.93. The van der Waals surface area contributed by atoms with Gasteiger partial charge in [0, 0.05) is 14.7 Å². The predicted octanol–water partition coefficient (Wildman–Crippen LogP) is 2.76. The number of halogens is 1. The van der Waals surface area contributed by atoms with E-state index in [0.717, 1.165) is 9.74 Å². The van der Waals surface area contributed by atoms with Crippen LogP contribution in [0.2, 0.25) is 25.7 Å². The van der Waals surface area contributed by atoms with Gasteiger partial charge < -0.3 is 9.84 Å². The van der Waals surface area contributed by atoms with Gasteiger partial charge in [0.2, 0.25) is 5.88 Å². The second kappa shape index (κ2) is 5.94. The molecule has 8 heteroatoms. The molecule has 110 valence electrons. The Morgan fingerprint density at radius 3 is 2.65 bits per heavy atom. The third-order valence-electron chi connectivity index (χ3n) is 2.85. The van der Waals surface area contributed by atoms with Gasteiger partial charge in [0.1, 0.15) is 21.8 Å². The number of aryl methyl sites for hydroxylation is 1. The van der Waals surface area contributed by atoms with Crippen LogP contribution in [0.1, 0.15) is 5.82 Å². The molecule has 0 fully saturated rings. The molecule has 0 bridgehead atoms. The van der Waals surface area contributed by atoms with E-state index in [-0.39, 0.29) is 5.88 Å². The molecule has 0 aromatic carbocycles. The van der Waals surface area contributed by atoms with Crippen molar-refractivity contribution in [2.24, 2.45) is 0 Å². The maximum Gasteiger partial charge on any atom is 0.241 e. The summed E-state index contributed by atoms with van der Waals surface area (Å²) < 4.78 is 8.03. The van der Waals surface area contributed by atoms with Crippen molar-refractivity contribution in [1.82, 2.24) is 19.7 Å². The van der Waals surface area contributed by atoms with Crippen molar-refractivity contribution in [2.45, 2.75) is 39.3 Å². The van der Waals surface area contributed by atoms with Crippen LogP contribution < -0.4 is 0 Å². The molecule has 0 aliphatic heterocycles. The van der Waals surface area contributed by atoms with E-state index in [1.165, 1.54) is 0 Å². The molecule has 0 atom stereocenters. The van der Waals surface area contributed by atoms with Crippen LogP contribution in [0.3, 0.4) is 0 Å². The summed E-state index contributed by atoms with van der Waals surface area (Å²) in [5, 5.41) is 14.3. The van der Waals surface area contributed by atoms with Gasteiger partial charge in [-0.05, 0) is 35.6 Å². The summed E-state index contributed by atoms with van der Waals surface area (Å²) in [6.45, 7) is 9.70. The smallest absolute Gasteiger partial charge is 0.241 e. The van der Waals surface area contributed by atoms with E-state index >= 15 is 0 Å². The molecule has 0 saturated carbocycles. The molecular weight excluding hydrogens is 387 g/mol. The van der Waals surface area contributed by atoms with Gasteiger partial charge in [0.25, 0.3) is 0 Å². The van der Waals surface area contributed by atoms with E-state index < -0.39 is 8.07 Å². The Balaban J connectivity index is 2.15. The van der Waals surface area contributed by atoms with Gasteiger partial charge in [-0.15, -0.1) is 0 Å². The third-order valence-corrected chi connectivity index (χ3v) is 5.28. The molecular formula is C12H19IN4O2Si. The van der Waals surface area contributed by atoms with E-state index in [0.29, 0.717) is 30.2 Å². The number of aromatic hydroxyl groups is 1. The standard InChI is InChI=1S/C12H19IN4O2Si/c1-8-14-9-10(12(18)15-8)17(16-11(9)13)7-19-5-6-20(2,3)4/h5-7H2,1-4H3,(H,14,15,18). The van der Waals surface area contributed by atoms with Crippen molar-refractivity contribution >= 4 is 41.7 Å². The summed E-state index contributed by atoms with van der Waals surface area (Å²) >= 11 is 2.10. The minimum absolute atomic E-state index is 0.0447. The highest BCUT2D eigenvalue weighted by atomic mass is 127. The molecule has 0 amide bonds. The monoisotopic (exact) mass is 406 g/mol. The fourth-order valence-electron chi connectivity index (χ4n) is 1.76. The molecule has 2 rings (SSSR count). The van der Waals surface area contributed by atoms with Crippen LogP contribution in [-0.4, -0.2) is 39.5 Å². The number of nitrogens with zero attached hydrogens (tertiary/aromatic N) is 4. The van der Waals surface area contributed by atoms with E-state index in [1.807, 2.05) is 0 Å². The van der Waals surface area contributed by atoms with Gasteiger partial charge in [-0.25, -0.2) is 9.67 Å². The zero-order valence-electron chi connectivity index (χ0n) is 12.1. The van der Waals surface area contributed by atoms with Gasteiger partial charge in [-0.2, -0.15) is 10.1 Å². The fraction of sp³-hybridized carbons (Fsp3) is 0.583. The first-order chi connectivity index (χ1) is 9.28. The molecule has 0 unspecified atom stereocenters. The normalized spacial score (nSPS) is 12.2. The summed E-state index contributed by atoms with van der Waals surface area (Å²) in [5.74, 6) is 0.490. The summed E-state index contributed by atoms with van der Waals surface area (Å²) in [6.07, 6.45) is 0.